The summed E-state index contributed by atoms with van der Waals surface area (Å²) < 4.78 is 28.5. The van der Waals surface area contributed by atoms with Gasteiger partial charge in [0.1, 0.15) is 0 Å². The van der Waals surface area contributed by atoms with Crippen LogP contribution in [0, 0.1) is 5.92 Å². The first-order valence-electron chi connectivity index (χ1n) is 8.47. The van der Waals surface area contributed by atoms with Crippen LogP contribution >= 0.6 is 0 Å². The Bertz CT molecular complexity index is 1000. The topological polar surface area (TPSA) is 96.9 Å². The zero-order valence-corrected chi connectivity index (χ0v) is 16.1. The summed E-state index contributed by atoms with van der Waals surface area (Å²) in [4.78, 5) is 16.6. The Morgan fingerprint density at radius 3 is 2.56 bits per heavy atom. The van der Waals surface area contributed by atoms with E-state index < -0.39 is 16.3 Å². The molecule has 1 heterocycles. The second-order valence-corrected chi connectivity index (χ2v) is 8.11. The van der Waals surface area contributed by atoms with Crippen molar-refractivity contribution >= 4 is 27.3 Å². The van der Waals surface area contributed by atoms with Crippen LogP contribution in [-0.4, -0.2) is 26.3 Å². The summed E-state index contributed by atoms with van der Waals surface area (Å²) in [5.74, 6) is -0.354. The Labute approximate surface area is 158 Å². The van der Waals surface area contributed by atoms with E-state index in [1.807, 2.05) is 6.92 Å². The van der Waals surface area contributed by atoms with Gasteiger partial charge in [0.2, 0.25) is 15.9 Å². The van der Waals surface area contributed by atoms with Gasteiger partial charge in [0.25, 0.3) is 0 Å². The number of hydrogen-bond acceptors (Lipinski definition) is 5. The SMILES string of the molecule is CC(=O)Nc1cccc(-c2ccccc2S(=O)(=O)NC2ON=C(C)C2C)c1. The molecule has 0 spiro atoms. The number of sulfonamides is 1. The summed E-state index contributed by atoms with van der Waals surface area (Å²) in [5, 5.41) is 6.55. The first kappa shape index (κ1) is 19.1. The van der Waals surface area contributed by atoms with Gasteiger partial charge in [-0.3, -0.25) is 4.79 Å². The molecule has 8 heteroatoms. The molecule has 1 aliphatic rings. The van der Waals surface area contributed by atoms with Gasteiger partial charge in [-0.2, -0.15) is 4.72 Å². The molecule has 0 saturated carbocycles. The molecule has 0 saturated heterocycles. The maximum Gasteiger partial charge on any atom is 0.244 e. The molecule has 3 rings (SSSR count). The standard InChI is InChI=1S/C19H21N3O4S/c1-12-13(2)21-26-19(12)22-27(24,25)18-10-5-4-9-17(18)15-7-6-8-16(11-15)20-14(3)23/h4-12,19,22H,1-3H3,(H,20,23). The van der Waals surface area contributed by atoms with Crippen LogP contribution in [0.5, 0.6) is 0 Å². The van der Waals surface area contributed by atoms with E-state index in [0.717, 1.165) is 5.71 Å². The number of benzene rings is 2. The Kier molecular flexibility index (Phi) is 5.29. The normalized spacial score (nSPS) is 19.3. The second-order valence-electron chi connectivity index (χ2n) is 6.43. The molecule has 142 valence electrons. The quantitative estimate of drug-likeness (QED) is 0.824. The lowest BCUT2D eigenvalue weighted by molar-refractivity contribution is -0.114. The lowest BCUT2D eigenvalue weighted by Crippen LogP contribution is -2.39. The zero-order valence-electron chi connectivity index (χ0n) is 15.3. The van der Waals surface area contributed by atoms with E-state index in [0.29, 0.717) is 16.8 Å². The number of nitrogens with zero attached hydrogens (tertiary/aromatic N) is 1. The minimum Gasteiger partial charge on any atom is -0.375 e. The van der Waals surface area contributed by atoms with Crippen LogP contribution in [-0.2, 0) is 19.7 Å². The maximum absolute atomic E-state index is 13.0. The molecule has 2 unspecified atom stereocenters. The highest BCUT2D eigenvalue weighted by Gasteiger charge is 2.33. The Hall–Kier alpha value is -2.71. The molecule has 0 aliphatic carbocycles. The summed E-state index contributed by atoms with van der Waals surface area (Å²) in [7, 11) is -3.85. The lowest BCUT2D eigenvalue weighted by atomic mass is 10.1. The number of oxime groups is 1. The number of carbonyl (C=O) groups is 1. The first-order valence-corrected chi connectivity index (χ1v) is 9.96. The van der Waals surface area contributed by atoms with Crippen molar-refractivity contribution in [2.45, 2.75) is 31.9 Å². The van der Waals surface area contributed by atoms with E-state index in [-0.39, 0.29) is 16.7 Å². The molecule has 27 heavy (non-hydrogen) atoms. The molecule has 2 N–H and O–H groups in total. The summed E-state index contributed by atoms with van der Waals surface area (Å²) in [6.45, 7) is 5.06. The summed E-state index contributed by atoms with van der Waals surface area (Å²) >= 11 is 0. The summed E-state index contributed by atoms with van der Waals surface area (Å²) in [6, 6.07) is 13.7. The monoisotopic (exact) mass is 387 g/mol. The van der Waals surface area contributed by atoms with Crippen molar-refractivity contribution in [3.8, 4) is 11.1 Å². The van der Waals surface area contributed by atoms with Gasteiger partial charge in [0, 0.05) is 18.2 Å². The fourth-order valence-corrected chi connectivity index (χ4v) is 4.19. The average molecular weight is 387 g/mol. The van der Waals surface area contributed by atoms with Crippen molar-refractivity contribution in [1.82, 2.24) is 4.72 Å². The highest BCUT2D eigenvalue weighted by atomic mass is 32.2. The molecule has 2 aromatic rings. The molecule has 2 atom stereocenters. The molecule has 1 aliphatic heterocycles. The Balaban J connectivity index is 1.95. The predicted molar refractivity (Wildman–Crippen MR) is 104 cm³/mol. The van der Waals surface area contributed by atoms with Crippen LogP contribution in [0.3, 0.4) is 0 Å². The van der Waals surface area contributed by atoms with E-state index in [4.69, 9.17) is 4.84 Å². The molecular formula is C19H21N3O4S. The number of amides is 1. The van der Waals surface area contributed by atoms with Crippen molar-refractivity contribution in [3.05, 3.63) is 48.5 Å². The van der Waals surface area contributed by atoms with Crippen LogP contribution in [0.1, 0.15) is 20.8 Å². The number of carbonyl (C=O) groups excluding carboxylic acids is 1. The van der Waals surface area contributed by atoms with Crippen LogP contribution in [0.15, 0.2) is 58.6 Å². The molecular weight excluding hydrogens is 366 g/mol. The third-order valence-electron chi connectivity index (χ3n) is 4.37. The van der Waals surface area contributed by atoms with Crippen molar-refractivity contribution in [1.29, 1.82) is 0 Å². The van der Waals surface area contributed by atoms with Crippen molar-refractivity contribution < 1.29 is 18.0 Å². The molecule has 0 fully saturated rings. The van der Waals surface area contributed by atoms with Crippen LogP contribution < -0.4 is 10.0 Å². The predicted octanol–water partition coefficient (Wildman–Crippen LogP) is 2.96. The lowest BCUT2D eigenvalue weighted by Gasteiger charge is -2.18. The highest BCUT2D eigenvalue weighted by molar-refractivity contribution is 7.89. The second kappa shape index (κ2) is 7.50. The Morgan fingerprint density at radius 2 is 1.89 bits per heavy atom. The van der Waals surface area contributed by atoms with Gasteiger partial charge >= 0.3 is 0 Å². The van der Waals surface area contributed by atoms with Gasteiger partial charge in [0.15, 0.2) is 6.23 Å². The summed E-state index contributed by atoms with van der Waals surface area (Å²) in [6.07, 6.45) is -0.742. The first-order chi connectivity index (χ1) is 12.8. The highest BCUT2D eigenvalue weighted by Crippen LogP contribution is 2.30. The Morgan fingerprint density at radius 1 is 1.15 bits per heavy atom. The van der Waals surface area contributed by atoms with Gasteiger partial charge in [-0.05, 0) is 30.7 Å². The summed E-state index contributed by atoms with van der Waals surface area (Å²) in [5.41, 5.74) is 2.53. The number of rotatable bonds is 5. The smallest absolute Gasteiger partial charge is 0.244 e. The van der Waals surface area contributed by atoms with E-state index in [1.165, 1.54) is 13.0 Å². The van der Waals surface area contributed by atoms with Gasteiger partial charge in [-0.25, -0.2) is 8.42 Å². The fourth-order valence-electron chi connectivity index (χ4n) is 2.78. The minimum atomic E-state index is -3.85. The van der Waals surface area contributed by atoms with Crippen LogP contribution in [0.2, 0.25) is 0 Å². The van der Waals surface area contributed by atoms with Crippen LogP contribution in [0.4, 0.5) is 5.69 Å². The molecule has 2 aromatic carbocycles. The maximum atomic E-state index is 13.0. The van der Waals surface area contributed by atoms with Gasteiger partial charge in [0.05, 0.1) is 16.5 Å². The van der Waals surface area contributed by atoms with Crippen molar-refractivity contribution in [3.63, 3.8) is 0 Å². The van der Waals surface area contributed by atoms with Crippen LogP contribution in [0.25, 0.3) is 11.1 Å². The average Bonchev–Trinajstić information content (AvgIpc) is 2.93. The minimum absolute atomic E-state index is 0.130. The molecule has 7 nitrogen and oxygen atoms in total. The zero-order chi connectivity index (χ0) is 19.6. The van der Waals surface area contributed by atoms with E-state index in [9.17, 15) is 13.2 Å². The molecule has 0 radical (unpaired) electrons. The molecule has 0 bridgehead atoms. The largest absolute Gasteiger partial charge is 0.375 e. The number of hydrogen-bond donors (Lipinski definition) is 2. The van der Waals surface area contributed by atoms with E-state index >= 15 is 0 Å². The third-order valence-corrected chi connectivity index (χ3v) is 5.84. The number of anilines is 1. The third kappa shape index (κ3) is 4.17. The molecule has 0 aromatic heterocycles. The molecule has 1 amide bonds. The van der Waals surface area contributed by atoms with Crippen molar-refractivity contribution in [2.24, 2.45) is 11.1 Å². The van der Waals surface area contributed by atoms with Gasteiger partial charge in [-0.1, -0.05) is 42.4 Å². The van der Waals surface area contributed by atoms with Gasteiger partial charge in [-0.15, -0.1) is 0 Å². The van der Waals surface area contributed by atoms with E-state index in [1.54, 1.807) is 49.4 Å². The van der Waals surface area contributed by atoms with Gasteiger partial charge < -0.3 is 10.2 Å². The van der Waals surface area contributed by atoms with E-state index in [2.05, 4.69) is 15.2 Å². The van der Waals surface area contributed by atoms with Crippen molar-refractivity contribution in [2.75, 3.05) is 5.32 Å². The fraction of sp³-hybridized carbons (Fsp3) is 0.263. The number of nitrogens with one attached hydrogen (secondary N) is 2.